The lowest BCUT2D eigenvalue weighted by Gasteiger charge is -2.22. The monoisotopic (exact) mass is 194 g/mol. The number of benzene rings is 1. The van der Waals surface area contributed by atoms with Gasteiger partial charge in [-0.25, -0.2) is 4.79 Å². The molecule has 1 aromatic rings. The van der Waals surface area contributed by atoms with E-state index >= 15 is 0 Å². The van der Waals surface area contributed by atoms with Crippen molar-refractivity contribution in [3.63, 3.8) is 0 Å². The first-order valence-corrected chi connectivity index (χ1v) is 4.37. The fraction of sp³-hybridized carbons (Fsp3) is 0.300. The van der Waals surface area contributed by atoms with Crippen LogP contribution in [0, 0.1) is 0 Å². The van der Waals surface area contributed by atoms with Gasteiger partial charge in [0.1, 0.15) is 11.5 Å². The first kappa shape index (κ1) is 8.87. The molecule has 0 heterocycles. The fourth-order valence-corrected chi connectivity index (χ4v) is 1.56. The van der Waals surface area contributed by atoms with Crippen molar-refractivity contribution in [1.82, 2.24) is 0 Å². The topological polar surface area (TPSA) is 66.8 Å². The molecule has 0 amide bonds. The Morgan fingerprint density at radius 3 is 2.64 bits per heavy atom. The molecule has 0 bridgehead atoms. The predicted molar refractivity (Wildman–Crippen MR) is 48.6 cm³/mol. The summed E-state index contributed by atoms with van der Waals surface area (Å²) in [4.78, 5) is 10.3. The molecule has 4 heteroatoms. The maximum Gasteiger partial charge on any atom is 0.341 e. The number of carbonyl (C=O) groups is 1. The van der Waals surface area contributed by atoms with Crippen molar-refractivity contribution < 1.29 is 19.7 Å². The second-order valence-corrected chi connectivity index (χ2v) is 3.22. The minimum Gasteiger partial charge on any atom is -0.508 e. The number of rotatable bonds is 3. The van der Waals surface area contributed by atoms with E-state index in [1.807, 2.05) is 0 Å². The van der Waals surface area contributed by atoms with E-state index in [0.29, 0.717) is 5.75 Å². The normalized spacial score (nSPS) is 12.9. The van der Waals surface area contributed by atoms with Crippen LogP contribution in [0.15, 0.2) is 12.1 Å². The molecule has 1 aliphatic carbocycles. The maximum absolute atomic E-state index is 10.3. The van der Waals surface area contributed by atoms with Gasteiger partial charge in [0, 0.05) is 11.1 Å². The smallest absolute Gasteiger partial charge is 0.341 e. The van der Waals surface area contributed by atoms with E-state index in [2.05, 4.69) is 0 Å². The molecule has 0 saturated carbocycles. The lowest BCUT2D eigenvalue weighted by molar-refractivity contribution is -0.139. The van der Waals surface area contributed by atoms with Gasteiger partial charge in [-0.15, -0.1) is 0 Å². The summed E-state index contributed by atoms with van der Waals surface area (Å²) in [5, 5.41) is 17.8. The van der Waals surface area contributed by atoms with Crippen LogP contribution in [-0.2, 0) is 17.6 Å². The second-order valence-electron chi connectivity index (χ2n) is 3.22. The zero-order valence-corrected chi connectivity index (χ0v) is 7.49. The van der Waals surface area contributed by atoms with Gasteiger partial charge >= 0.3 is 5.97 Å². The van der Waals surface area contributed by atoms with Gasteiger partial charge in [-0.05, 0) is 25.0 Å². The number of carboxylic acid groups (broad SMARTS) is 1. The Bertz CT molecular complexity index is 384. The number of hydrogen-bond acceptors (Lipinski definition) is 3. The molecule has 2 rings (SSSR count). The van der Waals surface area contributed by atoms with Gasteiger partial charge < -0.3 is 14.9 Å². The largest absolute Gasteiger partial charge is 0.508 e. The minimum atomic E-state index is -0.994. The zero-order chi connectivity index (χ0) is 10.1. The molecule has 14 heavy (non-hydrogen) atoms. The molecule has 4 nitrogen and oxygen atoms in total. The highest BCUT2D eigenvalue weighted by Crippen LogP contribution is 2.37. The molecule has 0 aromatic heterocycles. The van der Waals surface area contributed by atoms with E-state index < -0.39 is 5.97 Å². The number of hydrogen-bond donors (Lipinski definition) is 2. The first-order chi connectivity index (χ1) is 6.68. The van der Waals surface area contributed by atoms with Gasteiger partial charge in [0.2, 0.25) is 0 Å². The summed E-state index contributed by atoms with van der Waals surface area (Å²) in [6.07, 6.45) is 1.68. The molecule has 0 unspecified atom stereocenters. The molecule has 1 aromatic carbocycles. The molecule has 74 valence electrons. The summed E-state index contributed by atoms with van der Waals surface area (Å²) in [5.41, 5.74) is 1.82. The van der Waals surface area contributed by atoms with Crippen LogP contribution in [0.2, 0.25) is 0 Å². The van der Waals surface area contributed by atoms with Crippen molar-refractivity contribution in [2.75, 3.05) is 6.61 Å². The third-order valence-electron chi connectivity index (χ3n) is 2.34. The molecule has 0 saturated heterocycles. The lowest BCUT2D eigenvalue weighted by atomic mass is 9.87. The van der Waals surface area contributed by atoms with E-state index in [1.165, 1.54) is 6.07 Å². The number of aliphatic carboxylic acids is 1. The summed E-state index contributed by atoms with van der Waals surface area (Å²) in [7, 11) is 0. The molecule has 2 N–H and O–H groups in total. The van der Waals surface area contributed by atoms with Crippen LogP contribution in [0.4, 0.5) is 0 Å². The van der Waals surface area contributed by atoms with Gasteiger partial charge in [0.25, 0.3) is 0 Å². The van der Waals surface area contributed by atoms with Crippen molar-refractivity contribution in [3.8, 4) is 11.5 Å². The van der Waals surface area contributed by atoms with Crippen LogP contribution in [0.1, 0.15) is 11.1 Å². The average molecular weight is 194 g/mol. The van der Waals surface area contributed by atoms with E-state index in [-0.39, 0.29) is 12.4 Å². The molecule has 0 fully saturated rings. The number of phenols is 1. The summed E-state index contributed by atoms with van der Waals surface area (Å²) in [6.45, 7) is -0.336. The van der Waals surface area contributed by atoms with Gasteiger partial charge in [-0.2, -0.15) is 0 Å². The maximum atomic E-state index is 10.3. The van der Waals surface area contributed by atoms with Crippen molar-refractivity contribution in [2.24, 2.45) is 0 Å². The van der Waals surface area contributed by atoms with Crippen molar-refractivity contribution >= 4 is 5.97 Å². The average Bonchev–Trinajstić information content (AvgIpc) is 2.05. The summed E-state index contributed by atoms with van der Waals surface area (Å²) < 4.78 is 5.07. The van der Waals surface area contributed by atoms with Crippen LogP contribution < -0.4 is 4.74 Å². The van der Waals surface area contributed by atoms with E-state index in [9.17, 15) is 9.90 Å². The SMILES string of the molecule is O=C(O)COc1ccc(O)c2c1CC2. The van der Waals surface area contributed by atoms with Gasteiger partial charge in [-0.3, -0.25) is 0 Å². The van der Waals surface area contributed by atoms with Crippen LogP contribution in [-0.4, -0.2) is 22.8 Å². The second kappa shape index (κ2) is 3.21. The minimum absolute atomic E-state index is 0.272. The van der Waals surface area contributed by atoms with Gasteiger partial charge in [-0.1, -0.05) is 0 Å². The van der Waals surface area contributed by atoms with Gasteiger partial charge in [0.15, 0.2) is 6.61 Å². The van der Waals surface area contributed by atoms with Crippen molar-refractivity contribution in [2.45, 2.75) is 12.8 Å². The number of phenolic OH excluding ortho intramolecular Hbond substituents is 1. The lowest BCUT2D eigenvalue weighted by Crippen LogP contribution is -2.15. The third kappa shape index (κ3) is 1.39. The molecular weight excluding hydrogens is 184 g/mol. The standard InChI is InChI=1S/C10H10O4/c11-8-3-4-9(14-5-10(12)13)7-2-1-6(7)8/h3-4,11H,1-2,5H2,(H,12,13). The van der Waals surface area contributed by atoms with Crippen LogP contribution >= 0.6 is 0 Å². The molecule has 1 aliphatic rings. The fourth-order valence-electron chi connectivity index (χ4n) is 1.56. The Morgan fingerprint density at radius 1 is 1.36 bits per heavy atom. The Balaban J connectivity index is 2.19. The molecule has 0 aliphatic heterocycles. The van der Waals surface area contributed by atoms with Crippen LogP contribution in [0.3, 0.4) is 0 Å². The number of aromatic hydroxyl groups is 1. The van der Waals surface area contributed by atoms with E-state index in [0.717, 1.165) is 24.0 Å². The van der Waals surface area contributed by atoms with Crippen LogP contribution in [0.5, 0.6) is 11.5 Å². The number of carboxylic acids is 1. The third-order valence-corrected chi connectivity index (χ3v) is 2.34. The first-order valence-electron chi connectivity index (χ1n) is 4.37. The predicted octanol–water partition coefficient (Wildman–Crippen LogP) is 0.954. The number of fused-ring (bicyclic) bond motifs is 1. The zero-order valence-electron chi connectivity index (χ0n) is 7.49. The Morgan fingerprint density at radius 2 is 2.07 bits per heavy atom. The van der Waals surface area contributed by atoms with Crippen molar-refractivity contribution in [3.05, 3.63) is 23.3 Å². The molecule has 0 atom stereocenters. The molecule has 0 radical (unpaired) electrons. The summed E-state index contributed by atoms with van der Waals surface area (Å²) in [5.74, 6) is -0.147. The number of ether oxygens (including phenoxy) is 1. The van der Waals surface area contributed by atoms with Crippen LogP contribution in [0.25, 0.3) is 0 Å². The van der Waals surface area contributed by atoms with Gasteiger partial charge in [0.05, 0.1) is 0 Å². The quantitative estimate of drug-likeness (QED) is 0.751. The Labute approximate surface area is 80.7 Å². The Kier molecular flexibility index (Phi) is 2.04. The molecular formula is C10H10O4. The summed E-state index contributed by atoms with van der Waals surface area (Å²) >= 11 is 0. The highest BCUT2D eigenvalue weighted by Gasteiger charge is 2.21. The molecule has 0 spiro atoms. The summed E-state index contributed by atoms with van der Waals surface area (Å²) in [6, 6.07) is 3.14. The van der Waals surface area contributed by atoms with E-state index in [1.54, 1.807) is 6.07 Å². The van der Waals surface area contributed by atoms with Crippen molar-refractivity contribution in [1.29, 1.82) is 0 Å². The highest BCUT2D eigenvalue weighted by molar-refractivity contribution is 5.68. The highest BCUT2D eigenvalue weighted by atomic mass is 16.5. The van der Waals surface area contributed by atoms with E-state index in [4.69, 9.17) is 9.84 Å². The Hall–Kier alpha value is -1.71.